The lowest BCUT2D eigenvalue weighted by Gasteiger charge is -2.43. The van der Waals surface area contributed by atoms with E-state index in [1.165, 1.54) is 47.3 Å². The van der Waals surface area contributed by atoms with Crippen LogP contribution < -0.4 is 0 Å². The van der Waals surface area contributed by atoms with Crippen LogP contribution in [0, 0.1) is 6.92 Å². The minimum atomic E-state index is -4.67. The molecule has 0 heterocycles. The first-order chi connectivity index (χ1) is 16.5. The molecule has 2 aromatic carbocycles. The van der Waals surface area contributed by atoms with E-state index in [-0.39, 0.29) is 38.8 Å². The van der Waals surface area contributed by atoms with Gasteiger partial charge in [-0.15, -0.1) is 0 Å². The number of aromatic hydroxyl groups is 1. The number of aryl methyl sites for hydroxylation is 1. The van der Waals surface area contributed by atoms with Gasteiger partial charge in [-0.2, -0.15) is 13.2 Å². The predicted molar refractivity (Wildman–Crippen MR) is 128 cm³/mol. The number of phenols is 1. The molecule has 12 heteroatoms. The fraction of sp³-hybridized carbons (Fsp3) is 0.375. The average Bonchev–Trinajstić information content (AvgIpc) is 2.77. The summed E-state index contributed by atoms with van der Waals surface area (Å²) in [5, 5.41) is 12.1. The van der Waals surface area contributed by atoms with Gasteiger partial charge < -0.3 is 9.84 Å². The molecular formula is C24H25Cl2F3N2O5. The first-order valence-electron chi connectivity index (χ1n) is 10.7. The molecular weight excluding hydrogens is 524 g/mol. The molecule has 0 aliphatic heterocycles. The number of benzene rings is 2. The van der Waals surface area contributed by atoms with E-state index in [0.29, 0.717) is 0 Å². The summed E-state index contributed by atoms with van der Waals surface area (Å²) in [6.45, 7) is 6.47. The van der Waals surface area contributed by atoms with Crippen LogP contribution in [-0.4, -0.2) is 57.8 Å². The van der Waals surface area contributed by atoms with Gasteiger partial charge in [-0.25, -0.2) is 14.8 Å². The Morgan fingerprint density at radius 2 is 1.58 bits per heavy atom. The van der Waals surface area contributed by atoms with E-state index in [0.717, 1.165) is 0 Å². The van der Waals surface area contributed by atoms with E-state index in [9.17, 15) is 32.7 Å². The highest BCUT2D eigenvalue weighted by atomic mass is 35.5. The van der Waals surface area contributed by atoms with Crippen molar-refractivity contribution in [2.75, 3.05) is 13.2 Å². The van der Waals surface area contributed by atoms with E-state index in [2.05, 4.69) is 4.74 Å². The number of hydrogen-bond acceptors (Lipinski definition) is 5. The molecule has 0 spiro atoms. The van der Waals surface area contributed by atoms with Gasteiger partial charge in [0.2, 0.25) is 0 Å². The number of amides is 2. The van der Waals surface area contributed by atoms with E-state index >= 15 is 0 Å². The van der Waals surface area contributed by atoms with Gasteiger partial charge >= 0.3 is 12.1 Å². The van der Waals surface area contributed by atoms with Gasteiger partial charge in [0, 0.05) is 12.1 Å². The highest BCUT2D eigenvalue weighted by Crippen LogP contribution is 2.36. The van der Waals surface area contributed by atoms with Gasteiger partial charge in [-0.3, -0.25) is 9.59 Å². The zero-order chi connectivity index (χ0) is 27.6. The lowest BCUT2D eigenvalue weighted by molar-refractivity contribution is -0.161. The van der Waals surface area contributed by atoms with Gasteiger partial charge in [0.25, 0.3) is 11.8 Å². The minimum absolute atomic E-state index is 0.0491. The minimum Gasteiger partial charge on any atom is -0.505 e. The molecule has 0 bridgehead atoms. The van der Waals surface area contributed by atoms with E-state index in [1.54, 1.807) is 27.7 Å². The molecule has 0 aliphatic carbocycles. The molecule has 2 rings (SSSR count). The molecule has 0 aromatic heterocycles. The summed E-state index contributed by atoms with van der Waals surface area (Å²) in [7, 11) is 0. The molecule has 36 heavy (non-hydrogen) atoms. The van der Waals surface area contributed by atoms with Gasteiger partial charge in [-0.05, 0) is 70.5 Å². The van der Waals surface area contributed by atoms with Crippen LogP contribution in [0.5, 0.6) is 5.75 Å². The zero-order valence-electron chi connectivity index (χ0n) is 20.2. The third-order valence-corrected chi connectivity index (χ3v) is 5.65. The smallest absolute Gasteiger partial charge is 0.422 e. The Balaban J connectivity index is 2.43. The average molecular weight is 549 g/mol. The highest BCUT2D eigenvalue weighted by molar-refractivity contribution is 6.39. The third-order valence-electron chi connectivity index (χ3n) is 4.96. The van der Waals surface area contributed by atoms with Crippen LogP contribution in [0.4, 0.5) is 13.2 Å². The number of carbonyl (C=O) groups excluding carboxylic acids is 3. The third kappa shape index (κ3) is 6.61. The monoisotopic (exact) mass is 548 g/mol. The quantitative estimate of drug-likeness (QED) is 0.363. The predicted octanol–water partition coefficient (Wildman–Crippen LogP) is 6.04. The van der Waals surface area contributed by atoms with Crippen molar-refractivity contribution in [3.8, 4) is 5.75 Å². The van der Waals surface area contributed by atoms with Crippen molar-refractivity contribution in [1.29, 1.82) is 0 Å². The van der Waals surface area contributed by atoms with Crippen molar-refractivity contribution in [3.63, 3.8) is 0 Å². The molecule has 0 saturated carbocycles. The Morgan fingerprint density at radius 1 is 1.00 bits per heavy atom. The zero-order valence-corrected chi connectivity index (χ0v) is 21.7. The number of esters is 1. The van der Waals surface area contributed by atoms with Crippen LogP contribution in [0.3, 0.4) is 0 Å². The van der Waals surface area contributed by atoms with Crippen LogP contribution in [0.15, 0.2) is 30.3 Å². The molecule has 2 amide bonds. The molecule has 0 atom stereocenters. The van der Waals surface area contributed by atoms with Crippen molar-refractivity contribution in [3.05, 3.63) is 62.6 Å². The number of halogens is 5. The Morgan fingerprint density at radius 3 is 2.08 bits per heavy atom. The Labute approximate surface area is 216 Å². The fourth-order valence-corrected chi connectivity index (χ4v) is 3.82. The molecule has 0 aliphatic rings. The summed E-state index contributed by atoms with van der Waals surface area (Å²) in [6, 6.07) is 6.40. The van der Waals surface area contributed by atoms with E-state index in [4.69, 9.17) is 23.2 Å². The first kappa shape index (κ1) is 29.3. The number of carbonyl (C=O) groups is 3. The second kappa shape index (κ2) is 11.0. The SMILES string of the molecule is CCN(C(=O)c1ccc(C(=O)OCC(F)(F)F)c(C)c1)N(C(=O)c1ccc(Cl)c(O)c1Cl)C(C)(C)C. The number of ether oxygens (including phenoxy) is 1. The summed E-state index contributed by atoms with van der Waals surface area (Å²) in [5.74, 6) is -2.96. The summed E-state index contributed by atoms with van der Waals surface area (Å²) in [4.78, 5) is 39.0. The second-order valence-corrected chi connectivity index (χ2v) is 9.57. The summed E-state index contributed by atoms with van der Waals surface area (Å²) >= 11 is 12.0. The van der Waals surface area contributed by atoms with Crippen molar-refractivity contribution >= 4 is 41.0 Å². The molecule has 2 aromatic rings. The fourth-order valence-electron chi connectivity index (χ4n) is 3.37. The summed E-state index contributed by atoms with van der Waals surface area (Å²) in [6.07, 6.45) is -4.67. The van der Waals surface area contributed by atoms with Crippen molar-refractivity contribution in [1.82, 2.24) is 10.0 Å². The number of rotatable bonds is 5. The summed E-state index contributed by atoms with van der Waals surface area (Å²) < 4.78 is 41.4. The number of nitrogens with zero attached hydrogens (tertiary/aromatic N) is 2. The van der Waals surface area contributed by atoms with Crippen LogP contribution in [-0.2, 0) is 4.74 Å². The molecule has 0 fully saturated rings. The number of hydrazine groups is 1. The van der Waals surface area contributed by atoms with Gasteiger partial charge in [0.05, 0.1) is 26.7 Å². The van der Waals surface area contributed by atoms with Crippen molar-refractivity contribution in [2.45, 2.75) is 46.3 Å². The normalized spacial score (nSPS) is 11.7. The number of hydrogen-bond donors (Lipinski definition) is 1. The van der Waals surface area contributed by atoms with Gasteiger partial charge in [0.15, 0.2) is 12.4 Å². The van der Waals surface area contributed by atoms with Crippen LogP contribution in [0.25, 0.3) is 0 Å². The van der Waals surface area contributed by atoms with Gasteiger partial charge in [0.1, 0.15) is 0 Å². The summed E-state index contributed by atoms with van der Waals surface area (Å²) in [5.41, 5.74) is -0.862. The standard InChI is InChI=1S/C24H25Cl2F3N2O5/c1-6-30(31(23(3,4)5)21(34)16-9-10-17(25)19(32)18(16)26)20(33)14-7-8-15(13(2)11-14)22(35)36-12-24(27,28)29/h7-11,32H,6,12H2,1-5H3. The maximum Gasteiger partial charge on any atom is 0.422 e. The first-order valence-corrected chi connectivity index (χ1v) is 11.4. The largest absolute Gasteiger partial charge is 0.505 e. The topological polar surface area (TPSA) is 87.2 Å². The number of phenolic OH excluding ortho intramolecular Hbond substituents is 1. The molecule has 7 nitrogen and oxygen atoms in total. The molecule has 196 valence electrons. The number of alkyl halides is 3. The maximum absolute atomic E-state index is 13.5. The lowest BCUT2D eigenvalue weighted by Crippen LogP contribution is -2.58. The van der Waals surface area contributed by atoms with Crippen LogP contribution >= 0.6 is 23.2 Å². The Hall–Kier alpha value is -2.98. The van der Waals surface area contributed by atoms with Crippen molar-refractivity contribution < 1.29 is 37.4 Å². The lowest BCUT2D eigenvalue weighted by atomic mass is 10.0. The van der Waals surface area contributed by atoms with E-state index < -0.39 is 41.9 Å². The molecule has 1 N–H and O–H groups in total. The van der Waals surface area contributed by atoms with Crippen LogP contribution in [0.2, 0.25) is 10.0 Å². The van der Waals surface area contributed by atoms with Gasteiger partial charge in [-0.1, -0.05) is 23.2 Å². The highest BCUT2D eigenvalue weighted by Gasteiger charge is 2.37. The molecule has 0 saturated heterocycles. The Bertz CT molecular complexity index is 1180. The maximum atomic E-state index is 13.5. The van der Waals surface area contributed by atoms with E-state index in [1.807, 2.05) is 0 Å². The Kier molecular flexibility index (Phi) is 8.91. The molecule has 0 unspecified atom stereocenters. The van der Waals surface area contributed by atoms with Crippen molar-refractivity contribution in [2.24, 2.45) is 0 Å². The second-order valence-electron chi connectivity index (χ2n) is 8.79. The van der Waals surface area contributed by atoms with Crippen LogP contribution in [0.1, 0.15) is 64.3 Å². The molecule has 0 radical (unpaired) electrons.